The molecule has 2 nitrogen and oxygen atoms in total. The SMILES string of the molecule is CCNC(Cc1ccc(Cl)c(Cl)c1)c1ccc(Br)cn1. The van der Waals surface area contributed by atoms with Crippen molar-refractivity contribution in [1.29, 1.82) is 0 Å². The second-order valence-electron chi connectivity index (χ2n) is 4.46. The molecular formula is C15H15BrCl2N2. The van der Waals surface area contributed by atoms with E-state index in [1.807, 2.05) is 36.5 Å². The van der Waals surface area contributed by atoms with E-state index in [4.69, 9.17) is 23.2 Å². The first-order valence-corrected chi connectivity index (χ1v) is 7.93. The molecule has 5 heteroatoms. The van der Waals surface area contributed by atoms with E-state index in [1.165, 1.54) is 0 Å². The van der Waals surface area contributed by atoms with Gasteiger partial charge in [-0.05, 0) is 58.7 Å². The predicted molar refractivity (Wildman–Crippen MR) is 88.5 cm³/mol. The number of hydrogen-bond acceptors (Lipinski definition) is 2. The van der Waals surface area contributed by atoms with Crippen LogP contribution in [0.15, 0.2) is 41.0 Å². The third-order valence-electron chi connectivity index (χ3n) is 2.98. The van der Waals surface area contributed by atoms with Crippen LogP contribution in [0.5, 0.6) is 0 Å². The summed E-state index contributed by atoms with van der Waals surface area (Å²) < 4.78 is 0.978. The molecule has 1 atom stereocenters. The minimum atomic E-state index is 0.158. The number of benzene rings is 1. The van der Waals surface area contributed by atoms with Crippen LogP contribution in [0.4, 0.5) is 0 Å². The molecule has 1 heterocycles. The number of aromatic nitrogens is 1. The molecule has 2 rings (SSSR count). The summed E-state index contributed by atoms with van der Waals surface area (Å²) in [7, 11) is 0. The molecule has 2 aromatic rings. The Morgan fingerprint density at radius 1 is 1.20 bits per heavy atom. The number of pyridine rings is 1. The van der Waals surface area contributed by atoms with Gasteiger partial charge in [0.2, 0.25) is 0 Å². The zero-order valence-corrected chi connectivity index (χ0v) is 14.1. The van der Waals surface area contributed by atoms with Crippen molar-refractivity contribution in [2.24, 2.45) is 0 Å². The fourth-order valence-electron chi connectivity index (χ4n) is 2.02. The minimum absolute atomic E-state index is 0.158. The lowest BCUT2D eigenvalue weighted by molar-refractivity contribution is 0.536. The standard InChI is InChI=1S/C15H15BrCl2N2/c1-2-19-15(14-6-4-11(16)9-20-14)8-10-3-5-12(17)13(18)7-10/h3-7,9,15,19H,2,8H2,1H3. The van der Waals surface area contributed by atoms with E-state index in [2.05, 4.69) is 33.2 Å². The van der Waals surface area contributed by atoms with Gasteiger partial charge < -0.3 is 5.32 Å². The van der Waals surface area contributed by atoms with Crippen molar-refractivity contribution in [3.63, 3.8) is 0 Å². The summed E-state index contributed by atoms with van der Waals surface area (Å²) in [4.78, 5) is 4.46. The van der Waals surface area contributed by atoms with Crippen molar-refractivity contribution in [1.82, 2.24) is 10.3 Å². The highest BCUT2D eigenvalue weighted by atomic mass is 79.9. The first-order valence-electron chi connectivity index (χ1n) is 6.39. The quantitative estimate of drug-likeness (QED) is 0.793. The van der Waals surface area contributed by atoms with Crippen LogP contribution in [0.1, 0.15) is 24.2 Å². The Labute approximate surface area is 137 Å². The third kappa shape index (κ3) is 4.19. The number of nitrogens with zero attached hydrogens (tertiary/aromatic N) is 1. The lowest BCUT2D eigenvalue weighted by Gasteiger charge is -2.18. The predicted octanol–water partition coefficient (Wildman–Crippen LogP) is 5.04. The van der Waals surface area contributed by atoms with Crippen molar-refractivity contribution in [3.8, 4) is 0 Å². The molecule has 0 aliphatic rings. The number of hydrogen-bond donors (Lipinski definition) is 1. The average Bonchev–Trinajstić information content (AvgIpc) is 2.43. The smallest absolute Gasteiger partial charge is 0.0595 e. The van der Waals surface area contributed by atoms with Gasteiger partial charge in [0.25, 0.3) is 0 Å². The van der Waals surface area contributed by atoms with Gasteiger partial charge in [0.05, 0.1) is 21.8 Å². The van der Waals surface area contributed by atoms with Crippen LogP contribution in [0.25, 0.3) is 0 Å². The monoisotopic (exact) mass is 372 g/mol. The van der Waals surface area contributed by atoms with Crippen LogP contribution in [0.2, 0.25) is 10.0 Å². The Morgan fingerprint density at radius 2 is 2.00 bits per heavy atom. The fourth-order valence-corrected chi connectivity index (χ4v) is 2.58. The molecule has 0 amide bonds. The molecule has 1 aromatic carbocycles. The maximum absolute atomic E-state index is 6.07. The summed E-state index contributed by atoms with van der Waals surface area (Å²) in [5, 5.41) is 4.61. The molecule has 0 fully saturated rings. The highest BCUT2D eigenvalue weighted by Crippen LogP contribution is 2.25. The van der Waals surface area contributed by atoms with E-state index >= 15 is 0 Å². The van der Waals surface area contributed by atoms with Crippen LogP contribution < -0.4 is 5.32 Å². The van der Waals surface area contributed by atoms with Crippen molar-refractivity contribution >= 4 is 39.1 Å². The van der Waals surface area contributed by atoms with E-state index in [1.54, 1.807) is 0 Å². The van der Waals surface area contributed by atoms with E-state index in [0.29, 0.717) is 10.0 Å². The van der Waals surface area contributed by atoms with E-state index in [0.717, 1.165) is 28.7 Å². The highest BCUT2D eigenvalue weighted by Gasteiger charge is 2.13. The van der Waals surface area contributed by atoms with E-state index in [-0.39, 0.29) is 6.04 Å². The first-order chi connectivity index (χ1) is 9.60. The van der Waals surface area contributed by atoms with Gasteiger partial charge in [0.1, 0.15) is 0 Å². The van der Waals surface area contributed by atoms with Crippen LogP contribution in [-0.2, 0) is 6.42 Å². The van der Waals surface area contributed by atoms with Crippen LogP contribution in [0.3, 0.4) is 0 Å². The number of rotatable bonds is 5. The number of likely N-dealkylation sites (N-methyl/N-ethyl adjacent to an activating group) is 1. The summed E-state index contributed by atoms with van der Waals surface area (Å²) >= 11 is 15.4. The molecule has 0 saturated carbocycles. The lowest BCUT2D eigenvalue weighted by Crippen LogP contribution is -2.23. The summed E-state index contributed by atoms with van der Waals surface area (Å²) in [6.07, 6.45) is 2.63. The maximum atomic E-state index is 6.07. The second-order valence-corrected chi connectivity index (χ2v) is 6.19. The topological polar surface area (TPSA) is 24.9 Å². The Morgan fingerprint density at radius 3 is 2.60 bits per heavy atom. The van der Waals surface area contributed by atoms with Gasteiger partial charge in [0.15, 0.2) is 0 Å². The lowest BCUT2D eigenvalue weighted by atomic mass is 10.0. The van der Waals surface area contributed by atoms with Gasteiger partial charge >= 0.3 is 0 Å². The molecule has 0 aliphatic heterocycles. The molecule has 0 radical (unpaired) electrons. The first kappa shape index (κ1) is 15.8. The largest absolute Gasteiger partial charge is 0.309 e. The molecule has 20 heavy (non-hydrogen) atoms. The summed E-state index contributed by atoms with van der Waals surface area (Å²) in [6.45, 7) is 2.96. The van der Waals surface area contributed by atoms with Gasteiger partial charge in [-0.3, -0.25) is 4.98 Å². The van der Waals surface area contributed by atoms with E-state index in [9.17, 15) is 0 Å². The molecule has 106 valence electrons. The zero-order valence-electron chi connectivity index (χ0n) is 11.0. The molecule has 0 bridgehead atoms. The molecule has 1 unspecified atom stereocenters. The molecule has 1 aromatic heterocycles. The van der Waals surface area contributed by atoms with Crippen molar-refractivity contribution in [2.75, 3.05) is 6.54 Å². The molecule has 0 saturated heterocycles. The summed E-state index contributed by atoms with van der Waals surface area (Å²) in [5.74, 6) is 0. The maximum Gasteiger partial charge on any atom is 0.0595 e. The average molecular weight is 374 g/mol. The Kier molecular flexibility index (Phi) is 5.85. The Hall–Kier alpha value is -0.610. The molecule has 0 spiro atoms. The number of halogens is 3. The molecule has 0 aliphatic carbocycles. The van der Waals surface area contributed by atoms with Crippen molar-refractivity contribution < 1.29 is 0 Å². The third-order valence-corrected chi connectivity index (χ3v) is 4.19. The minimum Gasteiger partial charge on any atom is -0.309 e. The highest BCUT2D eigenvalue weighted by molar-refractivity contribution is 9.10. The summed E-state index contributed by atoms with van der Waals surface area (Å²) in [5.41, 5.74) is 2.15. The number of nitrogens with one attached hydrogen (secondary N) is 1. The van der Waals surface area contributed by atoms with Crippen molar-refractivity contribution in [3.05, 3.63) is 62.3 Å². The molecule has 1 N–H and O–H groups in total. The Balaban J connectivity index is 2.20. The summed E-state index contributed by atoms with van der Waals surface area (Å²) in [6, 6.07) is 9.92. The van der Waals surface area contributed by atoms with Gasteiger partial charge in [-0.15, -0.1) is 0 Å². The normalized spacial score (nSPS) is 12.4. The van der Waals surface area contributed by atoms with Crippen molar-refractivity contribution in [2.45, 2.75) is 19.4 Å². The van der Waals surface area contributed by atoms with Crippen LogP contribution in [-0.4, -0.2) is 11.5 Å². The van der Waals surface area contributed by atoms with Crippen LogP contribution in [0, 0.1) is 0 Å². The van der Waals surface area contributed by atoms with Gasteiger partial charge in [-0.25, -0.2) is 0 Å². The van der Waals surface area contributed by atoms with Gasteiger partial charge in [0, 0.05) is 10.7 Å². The Bertz CT molecular complexity index is 573. The van der Waals surface area contributed by atoms with E-state index < -0.39 is 0 Å². The van der Waals surface area contributed by atoms with Gasteiger partial charge in [-0.2, -0.15) is 0 Å². The second kappa shape index (κ2) is 7.41. The fraction of sp³-hybridized carbons (Fsp3) is 0.267. The molecular weight excluding hydrogens is 359 g/mol. The zero-order chi connectivity index (χ0) is 14.5. The van der Waals surface area contributed by atoms with Gasteiger partial charge in [-0.1, -0.05) is 36.2 Å². The van der Waals surface area contributed by atoms with Crippen LogP contribution >= 0.6 is 39.1 Å².